The fourth-order valence-electron chi connectivity index (χ4n) is 12.4. The zero-order valence-electron chi connectivity index (χ0n) is 35.0. The standard InChI is InChI=1S/C62H40N2/c1-4-21-41(22-5-1)61(42-23-6-2-7-24-42)48-31-13-10-28-46(48)58-51(61)34-19-39-56(58)63(43-25-8-3-9-26-43)57-40-20-35-52-59(57)47-29-11-14-32-49(47)62(52)50-33-15-17-38-55(50)64-54-37-16-12-27-44(54)45-30-18-36-53(62)60(45)64/h1-40H. The van der Waals surface area contributed by atoms with Gasteiger partial charge in [-0.2, -0.15) is 0 Å². The smallest absolute Gasteiger partial charge is 0.0755 e. The average molecular weight is 813 g/mol. The van der Waals surface area contributed by atoms with Gasteiger partial charge in [0, 0.05) is 27.6 Å². The van der Waals surface area contributed by atoms with Crippen molar-refractivity contribution < 1.29 is 0 Å². The summed E-state index contributed by atoms with van der Waals surface area (Å²) >= 11 is 0. The maximum absolute atomic E-state index is 2.56. The minimum atomic E-state index is -0.564. The molecule has 2 heteroatoms. The molecule has 2 nitrogen and oxygen atoms in total. The van der Waals surface area contributed by atoms with E-state index in [0.29, 0.717) is 0 Å². The molecule has 11 aromatic rings. The Morgan fingerprint density at radius 1 is 0.312 bits per heavy atom. The number of aromatic nitrogens is 1. The number of hydrogen-bond acceptors (Lipinski definition) is 1. The van der Waals surface area contributed by atoms with Gasteiger partial charge in [-0.15, -0.1) is 0 Å². The first kappa shape index (κ1) is 35.4. The number of para-hydroxylation sites is 4. The molecule has 10 aromatic carbocycles. The van der Waals surface area contributed by atoms with Crippen LogP contribution in [0.5, 0.6) is 0 Å². The Morgan fingerprint density at radius 3 is 1.42 bits per heavy atom. The van der Waals surface area contributed by atoms with Crippen LogP contribution >= 0.6 is 0 Å². The molecule has 0 saturated carbocycles. The molecule has 3 aliphatic rings. The number of anilines is 3. The molecule has 0 amide bonds. The van der Waals surface area contributed by atoms with Crippen LogP contribution in [-0.2, 0) is 10.8 Å². The van der Waals surface area contributed by atoms with Gasteiger partial charge in [0.2, 0.25) is 0 Å². The largest absolute Gasteiger partial charge is 0.309 e. The highest BCUT2D eigenvalue weighted by molar-refractivity contribution is 6.13. The summed E-state index contributed by atoms with van der Waals surface area (Å²) in [7, 11) is 0. The minimum Gasteiger partial charge on any atom is -0.309 e. The molecule has 1 aromatic heterocycles. The normalized spacial score (nSPS) is 15.7. The zero-order chi connectivity index (χ0) is 42.0. The summed E-state index contributed by atoms with van der Waals surface area (Å²) in [5.74, 6) is 0. The molecular weight excluding hydrogens is 773 g/mol. The number of hydrogen-bond donors (Lipinski definition) is 0. The molecule has 298 valence electrons. The van der Waals surface area contributed by atoms with E-state index in [9.17, 15) is 0 Å². The minimum absolute atomic E-state index is 0.523. The van der Waals surface area contributed by atoms with Crippen molar-refractivity contribution in [2.24, 2.45) is 0 Å². The topological polar surface area (TPSA) is 8.17 Å². The lowest BCUT2D eigenvalue weighted by atomic mass is 9.65. The van der Waals surface area contributed by atoms with Gasteiger partial charge in [0.05, 0.1) is 38.9 Å². The van der Waals surface area contributed by atoms with Gasteiger partial charge in [-0.1, -0.05) is 206 Å². The van der Waals surface area contributed by atoms with E-state index in [0.717, 1.165) is 17.1 Å². The Hall–Kier alpha value is -8.20. The van der Waals surface area contributed by atoms with E-state index < -0.39 is 10.8 Å². The Morgan fingerprint density at radius 2 is 0.766 bits per heavy atom. The van der Waals surface area contributed by atoms with E-state index >= 15 is 0 Å². The second-order valence-electron chi connectivity index (χ2n) is 17.5. The molecule has 0 N–H and O–H groups in total. The van der Waals surface area contributed by atoms with E-state index in [-0.39, 0.29) is 0 Å². The van der Waals surface area contributed by atoms with Gasteiger partial charge >= 0.3 is 0 Å². The fraction of sp³-hybridized carbons (Fsp3) is 0.0323. The lowest BCUT2D eigenvalue weighted by molar-refractivity contribution is 0.748. The molecule has 2 aliphatic carbocycles. The first-order chi connectivity index (χ1) is 31.8. The summed E-state index contributed by atoms with van der Waals surface area (Å²) in [6, 6.07) is 90.7. The maximum Gasteiger partial charge on any atom is 0.0755 e. The summed E-state index contributed by atoms with van der Waals surface area (Å²) in [6.07, 6.45) is 0. The lowest BCUT2D eigenvalue weighted by Crippen LogP contribution is -2.33. The van der Waals surface area contributed by atoms with Crippen LogP contribution in [0.15, 0.2) is 243 Å². The van der Waals surface area contributed by atoms with Crippen molar-refractivity contribution in [2.75, 3.05) is 4.90 Å². The second-order valence-corrected chi connectivity index (χ2v) is 17.5. The maximum atomic E-state index is 2.56. The molecule has 1 unspecified atom stereocenters. The molecule has 0 radical (unpaired) electrons. The third-order valence-corrected chi connectivity index (χ3v) is 14.7. The van der Waals surface area contributed by atoms with Gasteiger partial charge in [-0.05, 0) is 92.0 Å². The van der Waals surface area contributed by atoms with E-state index in [2.05, 4.69) is 252 Å². The SMILES string of the molecule is c1ccc(N(c2cccc3c2-c2ccccc2C3(c2ccccc2)c2ccccc2)c2cccc3c2-c2ccccc2C32c3ccccc3-n3c4ccccc4c4cccc2c43)cc1. The molecule has 2 heterocycles. The van der Waals surface area contributed by atoms with Crippen LogP contribution in [0.2, 0.25) is 0 Å². The summed E-state index contributed by atoms with van der Waals surface area (Å²) in [4.78, 5) is 2.56. The molecule has 14 rings (SSSR count). The summed E-state index contributed by atoms with van der Waals surface area (Å²) in [5, 5.41) is 2.57. The number of rotatable bonds is 5. The Bertz CT molecular complexity index is 3640. The summed E-state index contributed by atoms with van der Waals surface area (Å²) in [5.41, 5.74) is 21.5. The van der Waals surface area contributed by atoms with Crippen molar-refractivity contribution in [3.8, 4) is 27.9 Å². The predicted molar refractivity (Wildman–Crippen MR) is 264 cm³/mol. The van der Waals surface area contributed by atoms with Crippen LogP contribution in [0.3, 0.4) is 0 Å². The van der Waals surface area contributed by atoms with Crippen molar-refractivity contribution in [3.63, 3.8) is 0 Å². The third kappa shape index (κ3) is 4.34. The van der Waals surface area contributed by atoms with Crippen LogP contribution in [-0.4, -0.2) is 4.57 Å². The van der Waals surface area contributed by atoms with Crippen LogP contribution < -0.4 is 4.90 Å². The van der Waals surface area contributed by atoms with Crippen molar-refractivity contribution in [1.29, 1.82) is 0 Å². The lowest BCUT2D eigenvalue weighted by Gasteiger charge is -2.39. The molecule has 0 saturated heterocycles. The molecular formula is C62H40N2. The van der Waals surface area contributed by atoms with Gasteiger partial charge < -0.3 is 9.47 Å². The summed E-state index contributed by atoms with van der Waals surface area (Å²) in [6.45, 7) is 0. The second kappa shape index (κ2) is 13.2. The summed E-state index contributed by atoms with van der Waals surface area (Å²) < 4.78 is 2.53. The molecule has 1 atom stereocenters. The zero-order valence-corrected chi connectivity index (χ0v) is 35.0. The number of benzene rings is 10. The van der Waals surface area contributed by atoms with Crippen LogP contribution in [0.4, 0.5) is 17.1 Å². The van der Waals surface area contributed by atoms with Crippen LogP contribution in [0.25, 0.3) is 49.7 Å². The Kier molecular flexibility index (Phi) is 7.28. The molecule has 1 aliphatic heterocycles. The highest BCUT2D eigenvalue weighted by Crippen LogP contribution is 2.65. The predicted octanol–water partition coefficient (Wildman–Crippen LogP) is 15.3. The van der Waals surface area contributed by atoms with E-state index in [1.54, 1.807) is 0 Å². The first-order valence-electron chi connectivity index (χ1n) is 22.4. The van der Waals surface area contributed by atoms with Gasteiger partial charge in [0.1, 0.15) is 0 Å². The fourth-order valence-corrected chi connectivity index (χ4v) is 12.4. The average Bonchev–Trinajstić information content (AvgIpc) is 3.98. The van der Waals surface area contributed by atoms with E-state index in [1.807, 2.05) is 0 Å². The van der Waals surface area contributed by atoms with Crippen LogP contribution in [0, 0.1) is 0 Å². The highest BCUT2D eigenvalue weighted by Gasteiger charge is 2.52. The van der Waals surface area contributed by atoms with Crippen molar-refractivity contribution in [3.05, 3.63) is 287 Å². The highest BCUT2D eigenvalue weighted by atomic mass is 15.1. The Labute approximate surface area is 372 Å². The molecule has 0 fully saturated rings. The Balaban J connectivity index is 1.10. The van der Waals surface area contributed by atoms with Crippen molar-refractivity contribution in [2.45, 2.75) is 10.8 Å². The quantitative estimate of drug-likeness (QED) is 0.168. The first-order valence-corrected chi connectivity index (χ1v) is 22.4. The van der Waals surface area contributed by atoms with Gasteiger partial charge in [0.25, 0.3) is 0 Å². The monoisotopic (exact) mass is 812 g/mol. The van der Waals surface area contributed by atoms with Crippen molar-refractivity contribution in [1.82, 2.24) is 4.57 Å². The number of fused-ring (bicyclic) bond motifs is 15. The van der Waals surface area contributed by atoms with E-state index in [1.165, 1.54) is 94.3 Å². The van der Waals surface area contributed by atoms with Gasteiger partial charge in [-0.3, -0.25) is 0 Å². The molecule has 64 heavy (non-hydrogen) atoms. The van der Waals surface area contributed by atoms with E-state index in [4.69, 9.17) is 0 Å². The van der Waals surface area contributed by atoms with Crippen molar-refractivity contribution >= 4 is 38.9 Å². The van der Waals surface area contributed by atoms with Gasteiger partial charge in [0.15, 0.2) is 0 Å². The molecule has 1 spiro atoms. The van der Waals surface area contributed by atoms with Crippen LogP contribution in [0.1, 0.15) is 44.5 Å². The molecule has 0 bridgehead atoms. The number of nitrogens with zero attached hydrogens (tertiary/aromatic N) is 2. The van der Waals surface area contributed by atoms with Gasteiger partial charge in [-0.25, -0.2) is 0 Å². The third-order valence-electron chi connectivity index (χ3n) is 14.7.